The van der Waals surface area contributed by atoms with E-state index in [2.05, 4.69) is 19.7 Å². The second-order valence-corrected chi connectivity index (χ2v) is 6.97. The molecule has 3 fully saturated rings. The van der Waals surface area contributed by atoms with Crippen LogP contribution in [0.3, 0.4) is 0 Å². The first-order valence-electron chi connectivity index (χ1n) is 8.19. The van der Waals surface area contributed by atoms with Crippen LogP contribution in [0.4, 0.5) is 0 Å². The summed E-state index contributed by atoms with van der Waals surface area (Å²) in [5.74, 6) is -2.79. The SMILES string of the molecule is C=C(CO)C(=O)OC1CC(=C)C2CC(O)C(O)C2C2OC(=O)C(=C)C12. The summed E-state index contributed by atoms with van der Waals surface area (Å²) in [6.07, 6.45) is -2.94. The highest BCUT2D eigenvalue weighted by Gasteiger charge is 2.58. The van der Waals surface area contributed by atoms with Crippen LogP contribution in [0, 0.1) is 17.8 Å². The van der Waals surface area contributed by atoms with E-state index in [1.165, 1.54) is 0 Å². The van der Waals surface area contributed by atoms with Crippen LogP contribution in [0.1, 0.15) is 12.8 Å². The molecule has 3 aliphatic rings. The maximum Gasteiger partial charge on any atom is 0.336 e. The Labute approximate surface area is 145 Å². The summed E-state index contributed by atoms with van der Waals surface area (Å²) in [6, 6.07) is 0. The summed E-state index contributed by atoms with van der Waals surface area (Å²) in [4.78, 5) is 24.1. The predicted octanol–water partition coefficient (Wildman–Crippen LogP) is -0.138. The van der Waals surface area contributed by atoms with E-state index in [0.717, 1.165) is 0 Å². The maximum atomic E-state index is 12.0. The minimum absolute atomic E-state index is 0.0992. The van der Waals surface area contributed by atoms with E-state index < -0.39 is 54.8 Å². The number of esters is 2. The number of rotatable bonds is 3. The lowest BCUT2D eigenvalue weighted by molar-refractivity contribution is -0.150. The lowest BCUT2D eigenvalue weighted by Crippen LogP contribution is -2.41. The van der Waals surface area contributed by atoms with Gasteiger partial charge < -0.3 is 24.8 Å². The van der Waals surface area contributed by atoms with Gasteiger partial charge in [0.05, 0.1) is 30.3 Å². The molecule has 1 heterocycles. The number of hydrogen-bond donors (Lipinski definition) is 3. The van der Waals surface area contributed by atoms with Crippen molar-refractivity contribution in [2.24, 2.45) is 17.8 Å². The number of aliphatic hydroxyl groups is 3. The summed E-state index contributed by atoms with van der Waals surface area (Å²) in [5.41, 5.74) is 0.781. The molecule has 2 saturated carbocycles. The van der Waals surface area contributed by atoms with Crippen molar-refractivity contribution in [1.82, 2.24) is 0 Å². The number of fused-ring (bicyclic) bond motifs is 3. The molecule has 1 saturated heterocycles. The van der Waals surface area contributed by atoms with Gasteiger partial charge in [-0.1, -0.05) is 25.3 Å². The van der Waals surface area contributed by atoms with Gasteiger partial charge in [0, 0.05) is 17.9 Å². The largest absolute Gasteiger partial charge is 0.458 e. The molecule has 7 nitrogen and oxygen atoms in total. The molecule has 2 aliphatic carbocycles. The van der Waals surface area contributed by atoms with Crippen molar-refractivity contribution in [1.29, 1.82) is 0 Å². The quantitative estimate of drug-likeness (QED) is 0.369. The van der Waals surface area contributed by atoms with Crippen molar-refractivity contribution in [2.75, 3.05) is 6.61 Å². The third-order valence-corrected chi connectivity index (χ3v) is 5.52. The van der Waals surface area contributed by atoms with Crippen LogP contribution in [-0.4, -0.2) is 58.3 Å². The molecule has 1 aliphatic heterocycles. The molecule has 7 heteroatoms. The van der Waals surface area contributed by atoms with E-state index in [1.54, 1.807) is 0 Å². The van der Waals surface area contributed by atoms with Gasteiger partial charge in [-0.05, 0) is 12.3 Å². The van der Waals surface area contributed by atoms with Gasteiger partial charge >= 0.3 is 11.9 Å². The Morgan fingerprint density at radius 1 is 1.32 bits per heavy atom. The first-order chi connectivity index (χ1) is 11.8. The highest BCUT2D eigenvalue weighted by molar-refractivity contribution is 5.91. The van der Waals surface area contributed by atoms with Gasteiger partial charge in [-0.15, -0.1) is 0 Å². The van der Waals surface area contributed by atoms with Crippen LogP contribution >= 0.6 is 0 Å². The molecule has 0 aromatic heterocycles. The summed E-state index contributed by atoms with van der Waals surface area (Å²) >= 11 is 0. The molecule has 136 valence electrons. The van der Waals surface area contributed by atoms with Gasteiger partial charge in [-0.2, -0.15) is 0 Å². The predicted molar refractivity (Wildman–Crippen MR) is 86.0 cm³/mol. The molecule has 0 bridgehead atoms. The van der Waals surface area contributed by atoms with Crippen molar-refractivity contribution in [2.45, 2.75) is 37.3 Å². The van der Waals surface area contributed by atoms with E-state index in [-0.39, 0.29) is 23.5 Å². The fraction of sp³-hybridized carbons (Fsp3) is 0.556. The summed E-state index contributed by atoms with van der Waals surface area (Å²) in [7, 11) is 0. The van der Waals surface area contributed by atoms with E-state index >= 15 is 0 Å². The summed E-state index contributed by atoms with van der Waals surface area (Å²) in [5, 5.41) is 29.5. The molecule has 3 rings (SSSR count). The van der Waals surface area contributed by atoms with Crippen molar-refractivity contribution < 1.29 is 34.4 Å². The number of hydrogen-bond acceptors (Lipinski definition) is 7. The highest BCUT2D eigenvalue weighted by atomic mass is 16.6. The van der Waals surface area contributed by atoms with Crippen molar-refractivity contribution in [3.63, 3.8) is 0 Å². The Balaban J connectivity index is 1.95. The van der Waals surface area contributed by atoms with E-state index in [0.29, 0.717) is 12.0 Å². The number of ether oxygens (including phenoxy) is 2. The second kappa shape index (κ2) is 6.40. The Kier molecular flexibility index (Phi) is 4.57. The molecule has 25 heavy (non-hydrogen) atoms. The Morgan fingerprint density at radius 3 is 2.64 bits per heavy atom. The molecule has 7 atom stereocenters. The van der Waals surface area contributed by atoms with Gasteiger partial charge in [-0.25, -0.2) is 9.59 Å². The standard InChI is InChI=1S/C18H22O7/c1-7-4-12(24-17(22)8(2)6-19)13-9(3)18(23)25-16(13)14-10(7)5-11(20)15(14)21/h10-16,19-21H,1-6H2. The van der Waals surface area contributed by atoms with Crippen LogP contribution in [0.5, 0.6) is 0 Å². The highest BCUT2D eigenvalue weighted by Crippen LogP contribution is 2.51. The molecular weight excluding hydrogens is 328 g/mol. The van der Waals surface area contributed by atoms with Crippen molar-refractivity contribution in [3.05, 3.63) is 36.5 Å². The lowest BCUT2D eigenvalue weighted by Gasteiger charge is -2.29. The monoisotopic (exact) mass is 350 g/mol. The summed E-state index contributed by atoms with van der Waals surface area (Å²) < 4.78 is 10.9. The maximum absolute atomic E-state index is 12.0. The first kappa shape index (κ1) is 17.8. The van der Waals surface area contributed by atoms with Crippen LogP contribution in [0.25, 0.3) is 0 Å². The zero-order valence-electron chi connectivity index (χ0n) is 13.8. The molecule has 0 amide bonds. The van der Waals surface area contributed by atoms with Crippen LogP contribution in [0.15, 0.2) is 36.5 Å². The first-order valence-corrected chi connectivity index (χ1v) is 8.19. The Morgan fingerprint density at radius 2 is 2.00 bits per heavy atom. The fourth-order valence-electron chi connectivity index (χ4n) is 4.21. The lowest BCUT2D eigenvalue weighted by atomic mass is 9.82. The van der Waals surface area contributed by atoms with Crippen molar-refractivity contribution in [3.8, 4) is 0 Å². The van der Waals surface area contributed by atoms with Gasteiger partial charge in [-0.3, -0.25) is 0 Å². The van der Waals surface area contributed by atoms with Gasteiger partial charge in [0.2, 0.25) is 0 Å². The van der Waals surface area contributed by atoms with Gasteiger partial charge in [0.15, 0.2) is 0 Å². The van der Waals surface area contributed by atoms with E-state index in [4.69, 9.17) is 14.6 Å². The topological polar surface area (TPSA) is 113 Å². The average Bonchev–Trinajstić information content (AvgIpc) is 2.99. The molecule has 7 unspecified atom stereocenters. The van der Waals surface area contributed by atoms with Gasteiger partial charge in [0.1, 0.15) is 12.2 Å². The number of carbonyl (C=O) groups is 2. The molecule has 0 spiro atoms. The molecular formula is C18H22O7. The van der Waals surface area contributed by atoms with Crippen LogP contribution < -0.4 is 0 Å². The minimum Gasteiger partial charge on any atom is -0.458 e. The van der Waals surface area contributed by atoms with Crippen LogP contribution in [0.2, 0.25) is 0 Å². The molecule has 3 N–H and O–H groups in total. The second-order valence-electron chi connectivity index (χ2n) is 6.97. The van der Waals surface area contributed by atoms with E-state index in [1.807, 2.05) is 0 Å². The number of aliphatic hydroxyl groups excluding tert-OH is 3. The third kappa shape index (κ3) is 2.82. The zero-order valence-corrected chi connectivity index (χ0v) is 13.8. The number of carbonyl (C=O) groups excluding carboxylic acids is 2. The van der Waals surface area contributed by atoms with Crippen molar-refractivity contribution >= 4 is 11.9 Å². The summed E-state index contributed by atoms with van der Waals surface area (Å²) in [6.45, 7) is 10.7. The smallest absolute Gasteiger partial charge is 0.336 e. The Hall–Kier alpha value is -1.96. The van der Waals surface area contributed by atoms with Crippen LogP contribution in [-0.2, 0) is 19.1 Å². The third-order valence-electron chi connectivity index (χ3n) is 5.52. The molecule has 0 aromatic rings. The zero-order chi connectivity index (χ0) is 18.5. The average molecular weight is 350 g/mol. The molecule has 0 radical (unpaired) electrons. The minimum atomic E-state index is -1.06. The van der Waals surface area contributed by atoms with E-state index in [9.17, 15) is 19.8 Å². The Bertz CT molecular complexity index is 652. The molecule has 0 aromatic carbocycles. The fourth-order valence-corrected chi connectivity index (χ4v) is 4.21. The normalized spacial score (nSPS) is 40.1. The van der Waals surface area contributed by atoms with Gasteiger partial charge in [0.25, 0.3) is 0 Å².